The zero-order valence-corrected chi connectivity index (χ0v) is 8.96. The van der Waals surface area contributed by atoms with E-state index in [4.69, 9.17) is 0 Å². The molecule has 1 saturated carbocycles. The number of hydrogen-bond acceptors (Lipinski definition) is 1. The van der Waals surface area contributed by atoms with Crippen molar-refractivity contribution < 1.29 is 5.11 Å². The first-order chi connectivity index (χ1) is 6.54. The smallest absolute Gasteiger partial charge is 0.119 e. The second-order valence-corrected chi connectivity index (χ2v) is 5.11. The number of hydrogen-bond donors (Lipinski definition) is 1. The molecule has 3 atom stereocenters. The van der Waals surface area contributed by atoms with E-state index in [0.29, 0.717) is 0 Å². The highest BCUT2D eigenvalue weighted by atomic mass is 16.3. The van der Waals surface area contributed by atoms with Crippen molar-refractivity contribution in [2.45, 2.75) is 38.7 Å². The molecule has 1 nitrogen and oxygen atoms in total. The topological polar surface area (TPSA) is 20.2 Å². The Hall–Kier alpha value is -0.740. The van der Waals surface area contributed by atoms with Crippen LogP contribution in [0.15, 0.2) is 12.2 Å². The van der Waals surface area contributed by atoms with Crippen molar-refractivity contribution in [3.8, 4) is 11.8 Å². The lowest BCUT2D eigenvalue weighted by molar-refractivity contribution is 0.143. The van der Waals surface area contributed by atoms with Crippen LogP contribution in [0, 0.1) is 29.6 Å². The molecular formula is C13H18O. The van der Waals surface area contributed by atoms with E-state index < -0.39 is 5.60 Å². The Bertz CT molecular complexity index is 297. The summed E-state index contributed by atoms with van der Waals surface area (Å²) >= 11 is 0. The van der Waals surface area contributed by atoms with Gasteiger partial charge in [-0.3, -0.25) is 0 Å². The van der Waals surface area contributed by atoms with E-state index in [-0.39, 0.29) is 0 Å². The fourth-order valence-corrected chi connectivity index (χ4v) is 2.53. The minimum atomic E-state index is -0.826. The monoisotopic (exact) mass is 190 g/mol. The molecular weight excluding hydrogens is 172 g/mol. The van der Waals surface area contributed by atoms with Gasteiger partial charge in [-0.15, -0.1) is 0 Å². The molecule has 0 amide bonds. The van der Waals surface area contributed by atoms with Crippen LogP contribution in [0.1, 0.15) is 33.1 Å². The van der Waals surface area contributed by atoms with Gasteiger partial charge in [0.25, 0.3) is 0 Å². The van der Waals surface area contributed by atoms with E-state index >= 15 is 0 Å². The van der Waals surface area contributed by atoms with Gasteiger partial charge in [0.1, 0.15) is 5.60 Å². The summed E-state index contributed by atoms with van der Waals surface area (Å²) in [4.78, 5) is 0. The largest absolute Gasteiger partial charge is 0.378 e. The Morgan fingerprint density at radius 1 is 1.36 bits per heavy atom. The van der Waals surface area contributed by atoms with Crippen LogP contribution in [0.25, 0.3) is 0 Å². The first kappa shape index (κ1) is 9.80. The lowest BCUT2D eigenvalue weighted by Crippen LogP contribution is -2.15. The fourth-order valence-electron chi connectivity index (χ4n) is 2.53. The summed E-state index contributed by atoms with van der Waals surface area (Å²) in [6.45, 7) is 3.47. The van der Waals surface area contributed by atoms with Gasteiger partial charge in [0, 0.05) is 6.42 Å². The third kappa shape index (κ3) is 2.19. The van der Waals surface area contributed by atoms with Crippen LogP contribution in [-0.4, -0.2) is 10.7 Å². The van der Waals surface area contributed by atoms with Crippen LogP contribution in [-0.2, 0) is 0 Å². The normalized spacial score (nSPS) is 34.4. The molecule has 2 aliphatic carbocycles. The predicted octanol–water partition coefficient (Wildman–Crippen LogP) is 2.36. The minimum absolute atomic E-state index is 0.750. The Balaban J connectivity index is 1.87. The molecule has 2 aliphatic rings. The van der Waals surface area contributed by atoms with E-state index in [1.165, 1.54) is 12.8 Å². The highest BCUT2D eigenvalue weighted by molar-refractivity contribution is 5.15. The Kier molecular flexibility index (Phi) is 2.41. The highest BCUT2D eigenvalue weighted by Crippen LogP contribution is 2.44. The second-order valence-electron chi connectivity index (χ2n) is 5.11. The minimum Gasteiger partial charge on any atom is -0.378 e. The summed E-state index contributed by atoms with van der Waals surface area (Å²) in [5.74, 6) is 8.36. The van der Waals surface area contributed by atoms with Crippen LogP contribution in [0.3, 0.4) is 0 Å². The van der Waals surface area contributed by atoms with Crippen molar-refractivity contribution in [3.05, 3.63) is 12.2 Å². The molecule has 0 heterocycles. The average molecular weight is 190 g/mol. The maximum Gasteiger partial charge on any atom is 0.119 e. The fraction of sp³-hybridized carbons (Fsp3) is 0.692. The van der Waals surface area contributed by atoms with Gasteiger partial charge in [0.15, 0.2) is 0 Å². The molecule has 0 saturated heterocycles. The van der Waals surface area contributed by atoms with Gasteiger partial charge in [-0.1, -0.05) is 24.0 Å². The quantitative estimate of drug-likeness (QED) is 0.497. The maximum absolute atomic E-state index is 9.44. The molecule has 2 bridgehead atoms. The Morgan fingerprint density at radius 3 is 2.64 bits per heavy atom. The number of allylic oxidation sites excluding steroid dienone is 2. The first-order valence-electron chi connectivity index (χ1n) is 5.45. The Morgan fingerprint density at radius 2 is 2.14 bits per heavy atom. The summed E-state index contributed by atoms with van der Waals surface area (Å²) < 4.78 is 0. The van der Waals surface area contributed by atoms with Crippen molar-refractivity contribution >= 4 is 0 Å². The van der Waals surface area contributed by atoms with Gasteiger partial charge in [0.2, 0.25) is 0 Å². The molecule has 2 rings (SSSR count). The molecule has 0 unspecified atom stereocenters. The van der Waals surface area contributed by atoms with E-state index in [2.05, 4.69) is 24.0 Å². The van der Waals surface area contributed by atoms with E-state index in [1.807, 2.05) is 0 Å². The van der Waals surface area contributed by atoms with Gasteiger partial charge >= 0.3 is 0 Å². The summed E-state index contributed by atoms with van der Waals surface area (Å²) in [6, 6.07) is 0. The molecule has 0 aromatic carbocycles. The molecule has 0 radical (unpaired) electrons. The third-order valence-corrected chi connectivity index (χ3v) is 3.17. The van der Waals surface area contributed by atoms with Crippen LogP contribution in [0.5, 0.6) is 0 Å². The zero-order chi connectivity index (χ0) is 10.2. The third-order valence-electron chi connectivity index (χ3n) is 3.17. The second kappa shape index (κ2) is 3.44. The zero-order valence-electron chi connectivity index (χ0n) is 8.96. The average Bonchev–Trinajstić information content (AvgIpc) is 2.62. The first-order valence-corrected chi connectivity index (χ1v) is 5.45. The van der Waals surface area contributed by atoms with Crippen LogP contribution in [0.2, 0.25) is 0 Å². The van der Waals surface area contributed by atoms with Gasteiger partial charge < -0.3 is 5.11 Å². The summed E-state index contributed by atoms with van der Waals surface area (Å²) in [6.07, 6.45) is 8.31. The van der Waals surface area contributed by atoms with Gasteiger partial charge in [-0.2, -0.15) is 0 Å². The lowest BCUT2D eigenvalue weighted by Gasteiger charge is -2.14. The molecule has 0 aromatic heterocycles. The molecule has 1 fully saturated rings. The molecule has 14 heavy (non-hydrogen) atoms. The number of fused-ring (bicyclic) bond motifs is 2. The lowest BCUT2D eigenvalue weighted by atomic mass is 9.90. The SMILES string of the molecule is CC(C)(O)C#CC[C@H]1C[C@H]2C=C[C@H]1C2. The standard InChI is InChI=1S/C13H18O/c1-13(2,14)7-3-4-11-8-10-5-6-12(11)9-10/h5-6,10-12,14H,4,8-9H2,1-2H3/t10-,11+,12+/m1/s1. The van der Waals surface area contributed by atoms with E-state index in [9.17, 15) is 5.11 Å². The van der Waals surface area contributed by atoms with Crippen molar-refractivity contribution in [2.24, 2.45) is 17.8 Å². The van der Waals surface area contributed by atoms with Crippen molar-refractivity contribution in [1.29, 1.82) is 0 Å². The summed E-state index contributed by atoms with van der Waals surface area (Å²) in [5.41, 5.74) is -0.826. The van der Waals surface area contributed by atoms with Gasteiger partial charge in [0.05, 0.1) is 0 Å². The van der Waals surface area contributed by atoms with E-state index in [1.54, 1.807) is 13.8 Å². The summed E-state index contributed by atoms with van der Waals surface area (Å²) in [7, 11) is 0. The van der Waals surface area contributed by atoms with Gasteiger partial charge in [-0.25, -0.2) is 0 Å². The molecule has 1 heteroatoms. The highest BCUT2D eigenvalue weighted by Gasteiger charge is 2.34. The molecule has 1 N–H and O–H groups in total. The predicted molar refractivity (Wildman–Crippen MR) is 57.5 cm³/mol. The van der Waals surface area contributed by atoms with E-state index in [0.717, 1.165) is 24.2 Å². The van der Waals surface area contributed by atoms with Crippen LogP contribution < -0.4 is 0 Å². The molecule has 0 aromatic rings. The van der Waals surface area contributed by atoms with Gasteiger partial charge in [-0.05, 0) is 44.4 Å². The van der Waals surface area contributed by atoms with Crippen molar-refractivity contribution in [3.63, 3.8) is 0 Å². The van der Waals surface area contributed by atoms with Crippen molar-refractivity contribution in [2.75, 3.05) is 0 Å². The van der Waals surface area contributed by atoms with Crippen LogP contribution in [0.4, 0.5) is 0 Å². The molecule has 0 aliphatic heterocycles. The molecule has 0 spiro atoms. The maximum atomic E-state index is 9.44. The number of rotatable bonds is 1. The molecule has 76 valence electrons. The van der Waals surface area contributed by atoms with Crippen LogP contribution >= 0.6 is 0 Å². The Labute approximate surface area is 86.2 Å². The number of aliphatic hydroxyl groups is 1. The summed E-state index contributed by atoms with van der Waals surface area (Å²) in [5, 5.41) is 9.44. The van der Waals surface area contributed by atoms with Crippen molar-refractivity contribution in [1.82, 2.24) is 0 Å².